The Kier molecular flexibility index (Phi) is 3.75. The van der Waals surface area contributed by atoms with E-state index in [4.69, 9.17) is 11.6 Å². The van der Waals surface area contributed by atoms with E-state index < -0.39 is 0 Å². The number of fused-ring (bicyclic) bond motifs is 1. The van der Waals surface area contributed by atoms with Crippen molar-refractivity contribution in [2.75, 3.05) is 0 Å². The molecule has 2 N–H and O–H groups in total. The molecule has 1 aliphatic carbocycles. The highest BCUT2D eigenvalue weighted by Crippen LogP contribution is 2.29. The number of H-pyrrole nitrogens is 1. The van der Waals surface area contributed by atoms with Crippen LogP contribution >= 0.6 is 11.6 Å². The summed E-state index contributed by atoms with van der Waals surface area (Å²) in [5.41, 5.74) is 4.63. The third-order valence-corrected chi connectivity index (χ3v) is 4.72. The third-order valence-electron chi connectivity index (χ3n) is 4.31. The summed E-state index contributed by atoms with van der Waals surface area (Å²) in [6.07, 6.45) is 5.26. The van der Waals surface area contributed by atoms with Gasteiger partial charge in [0.15, 0.2) is 0 Å². The molecule has 2 nitrogen and oxygen atoms in total. The van der Waals surface area contributed by atoms with Gasteiger partial charge in [-0.3, -0.25) is 0 Å². The quantitative estimate of drug-likeness (QED) is 0.821. The molecule has 1 heterocycles. The topological polar surface area (TPSA) is 27.8 Å². The van der Waals surface area contributed by atoms with Crippen LogP contribution in [0.5, 0.6) is 0 Å². The lowest BCUT2D eigenvalue weighted by atomic mass is 10.1. The van der Waals surface area contributed by atoms with Crippen molar-refractivity contribution < 1.29 is 0 Å². The van der Waals surface area contributed by atoms with Crippen molar-refractivity contribution in [1.82, 2.24) is 10.3 Å². The van der Waals surface area contributed by atoms with Gasteiger partial charge in [0.25, 0.3) is 0 Å². The Hall–Kier alpha value is -1.41. The second-order valence-electron chi connectivity index (χ2n) is 5.84. The Morgan fingerprint density at radius 3 is 2.85 bits per heavy atom. The molecule has 0 bridgehead atoms. The highest BCUT2D eigenvalue weighted by atomic mass is 35.5. The van der Waals surface area contributed by atoms with Gasteiger partial charge in [0, 0.05) is 27.3 Å². The number of halogens is 1. The molecule has 1 aromatic carbocycles. The lowest BCUT2D eigenvalue weighted by Gasteiger charge is -2.14. The van der Waals surface area contributed by atoms with Gasteiger partial charge in [-0.15, -0.1) is 0 Å². The van der Waals surface area contributed by atoms with Gasteiger partial charge in [-0.05, 0) is 49.4 Å². The first-order chi connectivity index (χ1) is 9.63. The van der Waals surface area contributed by atoms with Crippen LogP contribution in [-0.2, 0) is 6.54 Å². The SMILES string of the molecule is C=C(NCc1cc2cc(Cl)c(C)cc2[nH]1)C1CCCC1. The van der Waals surface area contributed by atoms with Crippen LogP contribution in [0, 0.1) is 12.8 Å². The summed E-state index contributed by atoms with van der Waals surface area (Å²) in [5, 5.41) is 5.47. The van der Waals surface area contributed by atoms with Crippen LogP contribution in [0.25, 0.3) is 10.9 Å². The fraction of sp³-hybridized carbons (Fsp3) is 0.412. The number of hydrogen-bond acceptors (Lipinski definition) is 1. The summed E-state index contributed by atoms with van der Waals surface area (Å²) in [6, 6.07) is 6.29. The summed E-state index contributed by atoms with van der Waals surface area (Å²) >= 11 is 6.17. The monoisotopic (exact) mass is 288 g/mol. The summed E-state index contributed by atoms with van der Waals surface area (Å²) in [7, 11) is 0. The molecular formula is C17H21ClN2. The number of nitrogens with one attached hydrogen (secondary N) is 2. The molecule has 0 spiro atoms. The molecule has 1 fully saturated rings. The largest absolute Gasteiger partial charge is 0.383 e. The molecule has 106 valence electrons. The van der Waals surface area contributed by atoms with Crippen LogP contribution in [0.3, 0.4) is 0 Å². The normalized spacial score (nSPS) is 15.9. The summed E-state index contributed by atoms with van der Waals surface area (Å²) in [6.45, 7) is 7.02. The van der Waals surface area contributed by atoms with E-state index in [1.165, 1.54) is 42.5 Å². The van der Waals surface area contributed by atoms with Crippen LogP contribution in [0.2, 0.25) is 5.02 Å². The van der Waals surface area contributed by atoms with Crippen molar-refractivity contribution in [2.45, 2.75) is 39.2 Å². The van der Waals surface area contributed by atoms with Gasteiger partial charge < -0.3 is 10.3 Å². The first-order valence-electron chi connectivity index (χ1n) is 7.34. The van der Waals surface area contributed by atoms with E-state index in [1.807, 2.05) is 13.0 Å². The van der Waals surface area contributed by atoms with Crippen molar-refractivity contribution >= 4 is 22.5 Å². The van der Waals surface area contributed by atoms with Gasteiger partial charge in [0.1, 0.15) is 0 Å². The van der Waals surface area contributed by atoms with Gasteiger partial charge in [0.05, 0.1) is 6.54 Å². The van der Waals surface area contributed by atoms with E-state index in [0.29, 0.717) is 5.92 Å². The number of allylic oxidation sites excluding steroid dienone is 1. The fourth-order valence-electron chi connectivity index (χ4n) is 3.04. The van der Waals surface area contributed by atoms with Crippen LogP contribution in [0.1, 0.15) is 36.9 Å². The van der Waals surface area contributed by atoms with Crippen LogP contribution < -0.4 is 5.32 Å². The predicted molar refractivity (Wildman–Crippen MR) is 86.0 cm³/mol. The van der Waals surface area contributed by atoms with E-state index in [1.54, 1.807) is 0 Å². The van der Waals surface area contributed by atoms with Gasteiger partial charge in [-0.2, -0.15) is 0 Å². The maximum absolute atomic E-state index is 6.17. The van der Waals surface area contributed by atoms with Gasteiger partial charge in [0.2, 0.25) is 0 Å². The zero-order valence-electron chi connectivity index (χ0n) is 11.9. The number of hydrogen-bond donors (Lipinski definition) is 2. The van der Waals surface area contributed by atoms with Crippen molar-refractivity contribution in [3.05, 3.63) is 46.8 Å². The van der Waals surface area contributed by atoms with Crippen molar-refractivity contribution in [1.29, 1.82) is 0 Å². The maximum Gasteiger partial charge on any atom is 0.0548 e. The zero-order valence-corrected chi connectivity index (χ0v) is 12.7. The Morgan fingerprint density at radius 1 is 1.35 bits per heavy atom. The van der Waals surface area contributed by atoms with Crippen LogP contribution in [-0.4, -0.2) is 4.98 Å². The molecule has 0 aliphatic heterocycles. The predicted octanol–water partition coefficient (Wildman–Crippen LogP) is 4.92. The smallest absolute Gasteiger partial charge is 0.0548 e. The summed E-state index contributed by atoms with van der Waals surface area (Å²) in [4.78, 5) is 3.45. The second-order valence-corrected chi connectivity index (χ2v) is 6.25. The van der Waals surface area contributed by atoms with Crippen molar-refractivity contribution in [2.24, 2.45) is 5.92 Å². The first-order valence-corrected chi connectivity index (χ1v) is 7.71. The molecule has 0 amide bonds. The van der Waals surface area contributed by atoms with E-state index in [2.05, 4.69) is 29.0 Å². The minimum Gasteiger partial charge on any atom is -0.383 e. The van der Waals surface area contributed by atoms with Gasteiger partial charge in [-0.25, -0.2) is 0 Å². The van der Waals surface area contributed by atoms with E-state index in [0.717, 1.165) is 22.6 Å². The van der Waals surface area contributed by atoms with Crippen LogP contribution in [0.4, 0.5) is 0 Å². The maximum atomic E-state index is 6.17. The molecule has 1 saturated carbocycles. The molecule has 1 aliphatic rings. The standard InChI is InChI=1S/C17H21ClN2/c1-11-7-17-14(9-16(11)18)8-15(20-17)10-19-12(2)13-5-3-4-6-13/h7-9,13,19-20H,2-6,10H2,1H3. The molecule has 0 radical (unpaired) electrons. The third kappa shape index (κ3) is 2.71. The zero-order chi connectivity index (χ0) is 14.1. The van der Waals surface area contributed by atoms with Gasteiger partial charge >= 0.3 is 0 Å². The van der Waals surface area contributed by atoms with E-state index in [9.17, 15) is 0 Å². The second kappa shape index (κ2) is 5.53. The minimum atomic E-state index is 0.663. The number of aromatic nitrogens is 1. The Bertz CT molecular complexity index is 597. The fourth-order valence-corrected chi connectivity index (χ4v) is 3.22. The minimum absolute atomic E-state index is 0.663. The molecule has 3 heteroatoms. The van der Waals surface area contributed by atoms with Crippen LogP contribution in [0.15, 0.2) is 30.5 Å². The number of rotatable bonds is 4. The Labute approximate surface area is 125 Å². The molecule has 2 aromatic rings. The highest BCUT2D eigenvalue weighted by Gasteiger charge is 2.17. The van der Waals surface area contributed by atoms with E-state index in [-0.39, 0.29) is 0 Å². The molecule has 20 heavy (non-hydrogen) atoms. The molecule has 3 rings (SSSR count). The van der Waals surface area contributed by atoms with Crippen molar-refractivity contribution in [3.63, 3.8) is 0 Å². The average Bonchev–Trinajstić information content (AvgIpc) is 3.05. The lowest BCUT2D eigenvalue weighted by molar-refractivity contribution is 0.576. The number of aromatic amines is 1. The average molecular weight is 289 g/mol. The lowest BCUT2D eigenvalue weighted by Crippen LogP contribution is -2.17. The molecule has 0 atom stereocenters. The van der Waals surface area contributed by atoms with E-state index >= 15 is 0 Å². The number of benzene rings is 1. The number of aryl methyl sites for hydroxylation is 1. The Morgan fingerprint density at radius 2 is 2.10 bits per heavy atom. The highest BCUT2D eigenvalue weighted by molar-refractivity contribution is 6.32. The molecule has 0 saturated heterocycles. The molecule has 1 aromatic heterocycles. The molecule has 0 unspecified atom stereocenters. The first kappa shape index (κ1) is 13.6. The van der Waals surface area contributed by atoms with Crippen molar-refractivity contribution in [3.8, 4) is 0 Å². The summed E-state index contributed by atoms with van der Waals surface area (Å²) in [5.74, 6) is 0.663. The Balaban J connectivity index is 1.69. The molecular weight excluding hydrogens is 268 g/mol. The van der Waals surface area contributed by atoms with Gasteiger partial charge in [-0.1, -0.05) is 31.0 Å². The summed E-state index contributed by atoms with van der Waals surface area (Å²) < 4.78 is 0.